The Morgan fingerprint density at radius 1 is 0.933 bits per heavy atom. The molecule has 2 rings (SSSR count). The van der Waals surface area contributed by atoms with Gasteiger partial charge < -0.3 is 0 Å². The second kappa shape index (κ2) is 4.17. The average Bonchev–Trinajstić information content (AvgIpc) is 2.23. The minimum atomic E-state index is -0.295. The van der Waals surface area contributed by atoms with Crippen LogP contribution < -0.4 is 0 Å². The van der Waals surface area contributed by atoms with E-state index in [9.17, 15) is 4.39 Å². The summed E-state index contributed by atoms with van der Waals surface area (Å²) in [5.74, 6) is -0.295. The van der Waals surface area contributed by atoms with Crippen LogP contribution in [0.3, 0.4) is 0 Å². The van der Waals surface area contributed by atoms with E-state index in [-0.39, 0.29) is 5.82 Å². The summed E-state index contributed by atoms with van der Waals surface area (Å²) in [6, 6.07) is 9.20. The van der Waals surface area contributed by atoms with Gasteiger partial charge in [-0.3, -0.25) is 0 Å². The van der Waals surface area contributed by atoms with Crippen LogP contribution in [0.4, 0.5) is 4.39 Å². The van der Waals surface area contributed by atoms with Crippen molar-refractivity contribution in [1.29, 1.82) is 0 Å². The Morgan fingerprint density at radius 3 is 2.27 bits per heavy atom. The predicted octanol–water partition coefficient (Wildman–Crippen LogP) is 4.19. The number of nitrogens with zero attached hydrogens (tertiary/aromatic N) is 1. The van der Waals surface area contributed by atoms with Crippen LogP contribution >= 0.6 is 23.2 Å². The van der Waals surface area contributed by atoms with Crippen LogP contribution in [0.2, 0.25) is 10.2 Å². The summed E-state index contributed by atoms with van der Waals surface area (Å²) in [5, 5.41) is 0.852. The smallest absolute Gasteiger partial charge is 0.129 e. The monoisotopic (exact) mass is 241 g/mol. The fraction of sp³-hybridized carbons (Fsp3) is 0. The van der Waals surface area contributed by atoms with Crippen molar-refractivity contribution in [2.45, 2.75) is 0 Å². The molecule has 0 N–H and O–H groups in total. The molecule has 1 heterocycles. The summed E-state index contributed by atoms with van der Waals surface area (Å²) in [5.41, 5.74) is 1.30. The lowest BCUT2D eigenvalue weighted by atomic mass is 10.1. The van der Waals surface area contributed by atoms with Gasteiger partial charge in [0.25, 0.3) is 0 Å². The van der Waals surface area contributed by atoms with Crippen LogP contribution in [0.5, 0.6) is 0 Å². The number of aromatic nitrogens is 1. The number of hydrogen-bond donors (Lipinski definition) is 0. The summed E-state index contributed by atoms with van der Waals surface area (Å²) in [6.07, 6.45) is 0. The summed E-state index contributed by atoms with van der Waals surface area (Å²) >= 11 is 11.7. The van der Waals surface area contributed by atoms with E-state index >= 15 is 0 Å². The van der Waals surface area contributed by atoms with Crippen molar-refractivity contribution in [3.63, 3.8) is 0 Å². The van der Waals surface area contributed by atoms with Crippen LogP contribution in [0.15, 0.2) is 36.4 Å². The number of pyridine rings is 1. The zero-order valence-electron chi connectivity index (χ0n) is 7.55. The third-order valence-corrected chi connectivity index (χ3v) is 2.45. The molecule has 0 atom stereocenters. The molecule has 0 amide bonds. The van der Waals surface area contributed by atoms with Crippen molar-refractivity contribution < 1.29 is 4.39 Å². The van der Waals surface area contributed by atoms with Crippen LogP contribution in [-0.4, -0.2) is 4.98 Å². The van der Waals surface area contributed by atoms with Crippen LogP contribution in [0, 0.1) is 5.82 Å². The van der Waals surface area contributed by atoms with Gasteiger partial charge >= 0.3 is 0 Å². The molecule has 15 heavy (non-hydrogen) atoms. The Hall–Kier alpha value is -1.12. The molecule has 0 fully saturated rings. The molecule has 0 bridgehead atoms. The molecule has 1 aromatic carbocycles. The van der Waals surface area contributed by atoms with Gasteiger partial charge in [-0.05, 0) is 36.4 Å². The quantitative estimate of drug-likeness (QED) is 0.683. The summed E-state index contributed by atoms with van der Waals surface area (Å²) < 4.78 is 12.7. The Kier molecular flexibility index (Phi) is 2.89. The first-order valence-corrected chi connectivity index (χ1v) is 5.00. The molecule has 1 nitrogen and oxygen atoms in total. The van der Waals surface area contributed by atoms with Crippen LogP contribution in [0.1, 0.15) is 0 Å². The van der Waals surface area contributed by atoms with Gasteiger partial charge in [-0.2, -0.15) is 0 Å². The lowest BCUT2D eigenvalue weighted by molar-refractivity contribution is 0.628. The zero-order chi connectivity index (χ0) is 10.8. The molecule has 0 saturated heterocycles. The van der Waals surface area contributed by atoms with E-state index in [4.69, 9.17) is 23.2 Å². The SMILES string of the molecule is Fc1ccc(-c2nc(Cl)ccc2Cl)cc1. The van der Waals surface area contributed by atoms with Crippen molar-refractivity contribution in [1.82, 2.24) is 4.98 Å². The molecule has 1 aromatic heterocycles. The minimum absolute atomic E-state index is 0.295. The molecule has 0 spiro atoms. The summed E-state index contributed by atoms with van der Waals surface area (Å²) in [6.45, 7) is 0. The molecule has 0 aliphatic heterocycles. The largest absolute Gasteiger partial charge is 0.235 e. The molecule has 0 saturated carbocycles. The van der Waals surface area contributed by atoms with Crippen molar-refractivity contribution >= 4 is 23.2 Å². The van der Waals surface area contributed by atoms with E-state index in [0.29, 0.717) is 15.9 Å². The lowest BCUT2D eigenvalue weighted by Crippen LogP contribution is -1.86. The van der Waals surface area contributed by atoms with Crippen LogP contribution in [-0.2, 0) is 0 Å². The van der Waals surface area contributed by atoms with Crippen molar-refractivity contribution in [2.24, 2.45) is 0 Å². The van der Waals surface area contributed by atoms with Gasteiger partial charge in [-0.25, -0.2) is 9.37 Å². The topological polar surface area (TPSA) is 12.9 Å². The Morgan fingerprint density at radius 2 is 1.60 bits per heavy atom. The Labute approximate surface area is 96.5 Å². The van der Waals surface area contributed by atoms with E-state index in [1.165, 1.54) is 12.1 Å². The highest BCUT2D eigenvalue weighted by molar-refractivity contribution is 6.34. The maximum atomic E-state index is 12.7. The van der Waals surface area contributed by atoms with Gasteiger partial charge in [-0.1, -0.05) is 23.2 Å². The maximum absolute atomic E-state index is 12.7. The van der Waals surface area contributed by atoms with Crippen molar-refractivity contribution in [3.05, 3.63) is 52.4 Å². The number of rotatable bonds is 1. The Balaban J connectivity index is 2.53. The highest BCUT2D eigenvalue weighted by Crippen LogP contribution is 2.27. The third kappa shape index (κ3) is 2.28. The first-order valence-electron chi connectivity index (χ1n) is 4.25. The van der Waals surface area contributed by atoms with Gasteiger partial charge in [0, 0.05) is 5.56 Å². The Bertz CT molecular complexity index is 482. The predicted molar refractivity (Wildman–Crippen MR) is 59.7 cm³/mol. The van der Waals surface area contributed by atoms with Gasteiger partial charge in [0.2, 0.25) is 0 Å². The van der Waals surface area contributed by atoms with E-state index < -0.39 is 0 Å². The zero-order valence-corrected chi connectivity index (χ0v) is 9.06. The molecular formula is C11H6Cl2FN. The normalized spacial score (nSPS) is 10.3. The molecule has 0 aliphatic rings. The second-order valence-corrected chi connectivity index (χ2v) is 3.77. The fourth-order valence-electron chi connectivity index (χ4n) is 1.23. The van der Waals surface area contributed by atoms with E-state index in [1.807, 2.05) is 0 Å². The molecule has 0 radical (unpaired) electrons. The van der Waals surface area contributed by atoms with Gasteiger partial charge in [0.1, 0.15) is 11.0 Å². The van der Waals surface area contributed by atoms with Gasteiger partial charge in [-0.15, -0.1) is 0 Å². The summed E-state index contributed by atoms with van der Waals surface area (Å²) in [4.78, 5) is 4.08. The van der Waals surface area contributed by atoms with E-state index in [2.05, 4.69) is 4.98 Å². The van der Waals surface area contributed by atoms with Gasteiger partial charge in [0.15, 0.2) is 0 Å². The molecule has 0 unspecified atom stereocenters. The lowest BCUT2D eigenvalue weighted by Gasteiger charge is -2.03. The van der Waals surface area contributed by atoms with Crippen LogP contribution in [0.25, 0.3) is 11.3 Å². The average molecular weight is 242 g/mol. The highest BCUT2D eigenvalue weighted by atomic mass is 35.5. The number of hydrogen-bond acceptors (Lipinski definition) is 1. The van der Waals surface area contributed by atoms with Crippen molar-refractivity contribution in [3.8, 4) is 11.3 Å². The van der Waals surface area contributed by atoms with E-state index in [1.54, 1.807) is 24.3 Å². The van der Waals surface area contributed by atoms with E-state index in [0.717, 1.165) is 5.56 Å². The highest BCUT2D eigenvalue weighted by Gasteiger charge is 2.05. The number of benzene rings is 1. The standard InChI is InChI=1S/C11H6Cl2FN/c12-9-5-6-10(13)15-11(9)7-1-3-8(14)4-2-7/h1-6H. The first kappa shape index (κ1) is 10.4. The number of halogens is 3. The maximum Gasteiger partial charge on any atom is 0.129 e. The molecule has 0 aliphatic carbocycles. The molecular weight excluding hydrogens is 236 g/mol. The molecule has 2 aromatic rings. The first-order chi connectivity index (χ1) is 7.16. The van der Waals surface area contributed by atoms with Gasteiger partial charge in [0.05, 0.1) is 10.7 Å². The fourth-order valence-corrected chi connectivity index (χ4v) is 1.59. The second-order valence-electron chi connectivity index (χ2n) is 2.97. The summed E-state index contributed by atoms with van der Waals surface area (Å²) in [7, 11) is 0. The minimum Gasteiger partial charge on any atom is -0.235 e. The molecule has 76 valence electrons. The molecule has 4 heteroatoms. The van der Waals surface area contributed by atoms with Crippen molar-refractivity contribution in [2.75, 3.05) is 0 Å². The third-order valence-electron chi connectivity index (χ3n) is 1.93.